The molecule has 4 aromatic heterocycles. The third-order valence-electron chi connectivity index (χ3n) is 7.33. The van der Waals surface area contributed by atoms with Crippen molar-refractivity contribution in [3.63, 3.8) is 0 Å². The smallest absolute Gasteiger partial charge is 0.388 e. The van der Waals surface area contributed by atoms with Gasteiger partial charge >= 0.3 is 6.80 Å². The zero-order valence-electron chi connectivity index (χ0n) is 22.3. The summed E-state index contributed by atoms with van der Waals surface area (Å²) in [4.78, 5) is 28.6. The summed E-state index contributed by atoms with van der Waals surface area (Å²) in [7, 11) is -3.00. The SMILES string of the molecule is Nc1ncnc2c1ncn2[C@@]1(O)CO[C@H](COP(=O)(S)O[C@]2(n3ccc(=O)n4ccnc34)CO[C@H](CO)[C@H]2O)[C@@H]1O[PH](=O)S. The number of imidazole rings is 2. The van der Waals surface area contributed by atoms with Crippen molar-refractivity contribution in [3.05, 3.63) is 47.7 Å². The molecular weight excluding hydrogens is 666 g/mol. The number of hydrogen-bond donors (Lipinski definition) is 6. The molecular formula is C21H26N8O11P2S2. The maximum Gasteiger partial charge on any atom is 0.388 e. The number of nitrogens with two attached hydrogens (primary N) is 1. The molecule has 8 atom stereocenters. The minimum atomic E-state index is -4.50. The lowest BCUT2D eigenvalue weighted by molar-refractivity contribution is -0.100. The largest absolute Gasteiger partial charge is 0.394 e. The van der Waals surface area contributed by atoms with Gasteiger partial charge in [-0.25, -0.2) is 24.5 Å². The van der Waals surface area contributed by atoms with Crippen LogP contribution in [-0.4, -0.2) is 99.6 Å². The molecule has 0 saturated carbocycles. The normalized spacial score (nSPS) is 31.1. The van der Waals surface area contributed by atoms with Gasteiger partial charge in [-0.2, -0.15) is 0 Å². The first kappa shape index (κ1) is 31.6. The van der Waals surface area contributed by atoms with Crippen molar-refractivity contribution >= 4 is 61.3 Å². The fourth-order valence-electron chi connectivity index (χ4n) is 5.26. The van der Waals surface area contributed by atoms with E-state index >= 15 is 0 Å². The molecule has 0 bridgehead atoms. The van der Waals surface area contributed by atoms with E-state index in [0.717, 1.165) is 10.5 Å². The number of aromatic nitrogens is 7. The maximum atomic E-state index is 13.7. The highest BCUT2D eigenvalue weighted by molar-refractivity contribution is 8.44. The van der Waals surface area contributed by atoms with E-state index in [4.69, 9.17) is 28.8 Å². The van der Waals surface area contributed by atoms with Crippen molar-refractivity contribution in [2.45, 2.75) is 35.9 Å². The number of thiol groups is 2. The molecule has 0 radical (unpaired) electrons. The van der Waals surface area contributed by atoms with Crippen LogP contribution in [0.4, 0.5) is 5.82 Å². The molecule has 0 amide bonds. The number of hydrogen-bond acceptors (Lipinski definition) is 16. The predicted octanol–water partition coefficient (Wildman–Crippen LogP) is -0.857. The summed E-state index contributed by atoms with van der Waals surface area (Å²) in [6.45, 7) is -6.61. The number of aliphatic hydroxyl groups excluding tert-OH is 2. The van der Waals surface area contributed by atoms with Gasteiger partial charge in [0.25, 0.3) is 5.56 Å². The molecule has 4 aromatic rings. The van der Waals surface area contributed by atoms with Gasteiger partial charge < -0.3 is 35.1 Å². The summed E-state index contributed by atoms with van der Waals surface area (Å²) >= 11 is 7.95. The summed E-state index contributed by atoms with van der Waals surface area (Å²) in [5.74, 6) is 0.0519. The molecule has 2 aliphatic rings. The standard InChI is InChI=1S/C21H26N8O11P2S2/c22-17-14-18(25-9-24-17)29(10-26-14)20(33)7-36-12(16(20)39-41(34)43)6-38-42(35,44)40-21(8-37-11(5-30)15(21)32)28-3-1-13(31)27-4-2-23-19(27)28/h1-4,9-12,15-16,30,32-33,41H,5-8H2,(H,34,43)(H,35,44)(H2,22,24,25)/t11-,12-,15-,16+,20-,21-,42?/m1/s1. The number of nitrogen functional groups attached to an aromatic ring is 1. The summed E-state index contributed by atoms with van der Waals surface area (Å²) < 4.78 is 57.6. The molecule has 0 spiro atoms. The molecule has 2 unspecified atom stereocenters. The van der Waals surface area contributed by atoms with Crippen molar-refractivity contribution in [2.75, 3.05) is 32.2 Å². The van der Waals surface area contributed by atoms with Gasteiger partial charge in [0.15, 0.2) is 17.2 Å². The van der Waals surface area contributed by atoms with Crippen LogP contribution in [-0.2, 0) is 43.6 Å². The first-order chi connectivity index (χ1) is 20.9. The zero-order valence-corrected chi connectivity index (χ0v) is 25.9. The molecule has 0 aliphatic carbocycles. The molecule has 19 nitrogen and oxygen atoms in total. The quantitative estimate of drug-likeness (QED) is 0.0874. The van der Waals surface area contributed by atoms with Crippen LogP contribution < -0.4 is 11.3 Å². The zero-order chi connectivity index (χ0) is 31.4. The summed E-state index contributed by atoms with van der Waals surface area (Å²) in [6.07, 6.45) is 0.903. The van der Waals surface area contributed by atoms with Crippen LogP contribution in [0.2, 0.25) is 0 Å². The van der Waals surface area contributed by atoms with E-state index in [1.807, 2.05) is 0 Å². The van der Waals surface area contributed by atoms with Gasteiger partial charge in [0.2, 0.25) is 18.7 Å². The average molecular weight is 693 g/mol. The number of anilines is 1. The maximum absolute atomic E-state index is 13.7. The van der Waals surface area contributed by atoms with Crippen LogP contribution in [0.3, 0.4) is 0 Å². The highest BCUT2D eigenvalue weighted by atomic mass is 32.7. The average Bonchev–Trinajstić information content (AvgIpc) is 3.76. The Hall–Kier alpha value is -2.39. The van der Waals surface area contributed by atoms with Crippen molar-refractivity contribution in [3.8, 4) is 0 Å². The Balaban J connectivity index is 1.29. The summed E-state index contributed by atoms with van der Waals surface area (Å²) in [5.41, 5.74) is 1.64. The number of nitrogens with zero attached hydrogens (tertiary/aromatic N) is 7. The Morgan fingerprint density at radius 1 is 1.18 bits per heavy atom. The van der Waals surface area contributed by atoms with E-state index in [-0.39, 0.29) is 22.8 Å². The van der Waals surface area contributed by atoms with Crippen LogP contribution in [0.15, 0.2) is 42.1 Å². The molecule has 238 valence electrons. The second kappa shape index (κ2) is 11.8. The summed E-state index contributed by atoms with van der Waals surface area (Å²) in [5, 5.41) is 32.6. The van der Waals surface area contributed by atoms with E-state index < -0.39 is 81.9 Å². The van der Waals surface area contributed by atoms with Crippen LogP contribution in [0.25, 0.3) is 16.9 Å². The molecule has 6 rings (SSSR count). The molecule has 0 aromatic carbocycles. The van der Waals surface area contributed by atoms with Crippen molar-refractivity contribution in [1.29, 1.82) is 0 Å². The Labute approximate surface area is 257 Å². The summed E-state index contributed by atoms with van der Waals surface area (Å²) in [6, 6.07) is 1.16. The monoisotopic (exact) mass is 692 g/mol. The number of aliphatic hydroxyl groups is 3. The van der Waals surface area contributed by atoms with Gasteiger partial charge in [0.05, 0.1) is 32.8 Å². The molecule has 44 heavy (non-hydrogen) atoms. The van der Waals surface area contributed by atoms with Crippen molar-refractivity contribution in [1.82, 2.24) is 33.5 Å². The topological polar surface area (TPSA) is 250 Å². The highest BCUT2D eigenvalue weighted by Gasteiger charge is 2.57. The molecule has 5 N–H and O–H groups in total. The van der Waals surface area contributed by atoms with E-state index in [1.54, 1.807) is 0 Å². The Kier molecular flexibility index (Phi) is 8.44. The number of fused-ring (bicyclic) bond motifs is 2. The lowest BCUT2D eigenvalue weighted by Crippen LogP contribution is -2.49. The Morgan fingerprint density at radius 3 is 2.68 bits per heavy atom. The molecule has 2 aliphatic heterocycles. The van der Waals surface area contributed by atoms with Crippen LogP contribution in [0.5, 0.6) is 0 Å². The van der Waals surface area contributed by atoms with E-state index in [0.29, 0.717) is 0 Å². The molecule has 2 saturated heterocycles. The second-order valence-corrected chi connectivity index (χ2v) is 14.6. The van der Waals surface area contributed by atoms with Gasteiger partial charge in [-0.1, -0.05) is 24.5 Å². The van der Waals surface area contributed by atoms with Gasteiger partial charge in [-0.3, -0.25) is 31.9 Å². The number of rotatable bonds is 10. The van der Waals surface area contributed by atoms with E-state index in [2.05, 4.69) is 44.4 Å². The second-order valence-electron chi connectivity index (χ2n) is 9.88. The minimum Gasteiger partial charge on any atom is -0.394 e. The van der Waals surface area contributed by atoms with Crippen molar-refractivity contribution < 1.29 is 47.5 Å². The van der Waals surface area contributed by atoms with Gasteiger partial charge in [-0.05, 0) is 0 Å². The van der Waals surface area contributed by atoms with Crippen LogP contribution >= 0.6 is 38.5 Å². The third-order valence-corrected chi connectivity index (χ3v) is 9.72. The van der Waals surface area contributed by atoms with Gasteiger partial charge in [-0.15, -0.1) is 0 Å². The molecule has 6 heterocycles. The van der Waals surface area contributed by atoms with E-state index in [1.165, 1.54) is 40.4 Å². The first-order valence-corrected chi connectivity index (χ1v) is 18.0. The van der Waals surface area contributed by atoms with Gasteiger partial charge in [0.1, 0.15) is 36.3 Å². The fraction of sp³-hybridized carbons (Fsp3) is 0.476. The highest BCUT2D eigenvalue weighted by Crippen LogP contribution is 2.59. The van der Waals surface area contributed by atoms with Crippen LogP contribution in [0.1, 0.15) is 0 Å². The lowest BCUT2D eigenvalue weighted by atomic mass is 10.1. The van der Waals surface area contributed by atoms with E-state index in [9.17, 15) is 29.2 Å². The Bertz CT molecular complexity index is 1840. The van der Waals surface area contributed by atoms with Gasteiger partial charge in [0, 0.05) is 24.7 Å². The van der Waals surface area contributed by atoms with Crippen molar-refractivity contribution in [2.24, 2.45) is 0 Å². The number of ether oxygens (including phenoxy) is 2. The Morgan fingerprint density at radius 2 is 1.95 bits per heavy atom. The molecule has 23 heteroatoms. The first-order valence-electron chi connectivity index (χ1n) is 12.7. The molecule has 2 fully saturated rings. The van der Waals surface area contributed by atoms with Crippen LogP contribution in [0, 0.1) is 0 Å². The third kappa shape index (κ3) is 5.29. The lowest BCUT2D eigenvalue weighted by Gasteiger charge is -2.36. The minimum absolute atomic E-state index is 0.000588. The fourth-order valence-corrected chi connectivity index (χ4v) is 7.82. The predicted molar refractivity (Wildman–Crippen MR) is 156 cm³/mol.